The second kappa shape index (κ2) is 57.6. The molecule has 78 heavy (non-hydrogen) atoms. The second-order valence-electron chi connectivity index (χ2n) is 22.6. The fourth-order valence-electron chi connectivity index (χ4n) is 10.1. The van der Waals surface area contributed by atoms with Crippen molar-refractivity contribution in [1.29, 1.82) is 0 Å². The van der Waals surface area contributed by atoms with Gasteiger partial charge >= 0.3 is 24.1 Å². The predicted octanol–water partition coefficient (Wildman–Crippen LogP) is 14.9. The van der Waals surface area contributed by atoms with Gasteiger partial charge in [-0.2, -0.15) is 0 Å². The lowest BCUT2D eigenvalue weighted by atomic mass is 9.96. The Balaban J connectivity index is 5.56. The summed E-state index contributed by atoms with van der Waals surface area (Å²) in [4.78, 5) is 60.7. The Kier molecular flexibility index (Phi) is 55.6. The van der Waals surface area contributed by atoms with E-state index in [4.69, 9.17) is 18.9 Å². The molecule has 0 aromatic rings. The lowest BCUT2D eigenvalue weighted by Crippen LogP contribution is -2.42. The molecular weight excluding hydrogens is 985 g/mol. The number of esters is 2. The van der Waals surface area contributed by atoms with Gasteiger partial charge in [-0.05, 0) is 76.0 Å². The van der Waals surface area contributed by atoms with Crippen molar-refractivity contribution in [3.8, 4) is 0 Å². The number of carbonyl (C=O) groups excluding carboxylic acids is 4. The van der Waals surface area contributed by atoms with Crippen LogP contribution >= 0.6 is 0 Å². The first kappa shape index (κ1) is 75.3. The third-order valence-electron chi connectivity index (χ3n) is 15.4. The molecule has 0 aliphatic heterocycles. The molecule has 0 heterocycles. The van der Waals surface area contributed by atoms with Crippen molar-refractivity contribution >= 4 is 24.1 Å². The number of nitrogens with zero attached hydrogens (tertiary/aromatic N) is 4. The standard InChI is InChI=1S/C64H126N4O10/c1-7-13-19-21-23-33-43-67(45-35-25-31-41-61(71)77-57-59(37-27-15-9-3)38-28-16-10-4)63(73)75-55-51-66(48-47-65(49-53-69)50-54-70)52-56-76-64(74)68(44-34-24-22-20-14-8-2)46-36-26-32-42-62(72)78-58-60(39-29-17-11-5)40-30-18-12-6/h59-60,69-70H,7-58H2,1-6H3. The van der Waals surface area contributed by atoms with Gasteiger partial charge in [0, 0.05) is 78.3 Å². The van der Waals surface area contributed by atoms with Crippen molar-refractivity contribution in [2.45, 2.75) is 273 Å². The number of rotatable bonds is 59. The Morgan fingerprint density at radius 2 is 0.603 bits per heavy atom. The van der Waals surface area contributed by atoms with E-state index in [0.29, 0.717) is 103 Å². The lowest BCUT2D eigenvalue weighted by Gasteiger charge is -2.28. The van der Waals surface area contributed by atoms with Crippen LogP contribution < -0.4 is 0 Å². The predicted molar refractivity (Wildman–Crippen MR) is 322 cm³/mol. The molecule has 0 fully saturated rings. The minimum Gasteiger partial charge on any atom is -0.465 e. The smallest absolute Gasteiger partial charge is 0.409 e. The third-order valence-corrected chi connectivity index (χ3v) is 15.4. The number of aliphatic hydroxyl groups is 2. The van der Waals surface area contributed by atoms with E-state index in [1.807, 2.05) is 14.7 Å². The van der Waals surface area contributed by atoms with Crippen LogP contribution in [0, 0.1) is 11.8 Å². The topological polar surface area (TPSA) is 159 Å². The molecule has 0 rings (SSSR count). The van der Waals surface area contributed by atoms with Gasteiger partial charge in [0.1, 0.15) is 13.2 Å². The van der Waals surface area contributed by atoms with Gasteiger partial charge in [-0.3, -0.25) is 19.4 Å². The number of hydrogen-bond acceptors (Lipinski definition) is 12. The van der Waals surface area contributed by atoms with Crippen molar-refractivity contribution in [3.05, 3.63) is 0 Å². The average Bonchev–Trinajstić information content (AvgIpc) is 3.43. The van der Waals surface area contributed by atoms with Gasteiger partial charge in [-0.1, -0.05) is 196 Å². The van der Waals surface area contributed by atoms with Crippen LogP contribution in [0.15, 0.2) is 0 Å². The molecule has 0 spiro atoms. The number of ether oxygens (including phenoxy) is 4. The van der Waals surface area contributed by atoms with Gasteiger partial charge in [0.15, 0.2) is 0 Å². The highest BCUT2D eigenvalue weighted by Gasteiger charge is 2.20. The van der Waals surface area contributed by atoms with Gasteiger partial charge in [0.25, 0.3) is 0 Å². The lowest BCUT2D eigenvalue weighted by molar-refractivity contribution is -0.146. The van der Waals surface area contributed by atoms with Gasteiger partial charge in [-0.25, -0.2) is 9.59 Å². The van der Waals surface area contributed by atoms with Crippen LogP contribution in [0.25, 0.3) is 0 Å². The second-order valence-corrected chi connectivity index (χ2v) is 22.6. The Morgan fingerprint density at radius 1 is 0.321 bits per heavy atom. The molecule has 0 aromatic heterocycles. The zero-order chi connectivity index (χ0) is 57.4. The Labute approximate surface area is 479 Å². The summed E-state index contributed by atoms with van der Waals surface area (Å²) in [5.41, 5.74) is 0. The van der Waals surface area contributed by atoms with Crippen LogP contribution in [0.5, 0.6) is 0 Å². The third kappa shape index (κ3) is 47.0. The van der Waals surface area contributed by atoms with E-state index >= 15 is 0 Å². The van der Waals surface area contributed by atoms with Gasteiger partial charge in [-0.15, -0.1) is 0 Å². The molecule has 0 atom stereocenters. The Morgan fingerprint density at radius 3 is 0.923 bits per heavy atom. The first-order valence-corrected chi connectivity index (χ1v) is 32.9. The molecule has 0 unspecified atom stereocenters. The monoisotopic (exact) mass is 1110 g/mol. The summed E-state index contributed by atoms with van der Waals surface area (Å²) in [6.07, 6.45) is 37.1. The summed E-state index contributed by atoms with van der Waals surface area (Å²) in [6, 6.07) is 0. The van der Waals surface area contributed by atoms with Crippen LogP contribution in [0.3, 0.4) is 0 Å². The molecule has 0 aliphatic rings. The average molecular weight is 1110 g/mol. The minimum absolute atomic E-state index is 0.0239. The molecule has 0 radical (unpaired) electrons. The van der Waals surface area contributed by atoms with Crippen LogP contribution in [0.1, 0.15) is 273 Å². The van der Waals surface area contributed by atoms with Crippen LogP contribution in [0.2, 0.25) is 0 Å². The fraction of sp³-hybridized carbons (Fsp3) is 0.938. The quantitative estimate of drug-likeness (QED) is 0.0338. The van der Waals surface area contributed by atoms with Crippen molar-refractivity contribution in [2.24, 2.45) is 11.8 Å². The van der Waals surface area contributed by atoms with Crippen LogP contribution in [-0.2, 0) is 28.5 Å². The summed E-state index contributed by atoms with van der Waals surface area (Å²) >= 11 is 0. The molecule has 0 aromatic carbocycles. The molecule has 462 valence electrons. The summed E-state index contributed by atoms with van der Waals surface area (Å²) in [7, 11) is 0. The minimum atomic E-state index is -0.333. The first-order valence-electron chi connectivity index (χ1n) is 32.9. The number of aliphatic hydroxyl groups excluding tert-OH is 2. The van der Waals surface area contributed by atoms with Gasteiger partial charge in [0.05, 0.1) is 26.4 Å². The zero-order valence-corrected chi connectivity index (χ0v) is 51.9. The van der Waals surface area contributed by atoms with Gasteiger partial charge in [0.2, 0.25) is 0 Å². The maximum absolute atomic E-state index is 13.7. The van der Waals surface area contributed by atoms with E-state index in [9.17, 15) is 29.4 Å². The van der Waals surface area contributed by atoms with E-state index < -0.39 is 0 Å². The Bertz CT molecular complexity index is 1230. The number of amides is 2. The maximum Gasteiger partial charge on any atom is 0.409 e. The molecule has 0 saturated heterocycles. The highest BCUT2D eigenvalue weighted by Crippen LogP contribution is 2.21. The fourth-order valence-corrected chi connectivity index (χ4v) is 10.1. The zero-order valence-electron chi connectivity index (χ0n) is 51.9. The molecule has 0 saturated carbocycles. The SMILES string of the molecule is CCCCCCCCN(CCCCCC(=O)OCC(CCCCC)CCCCC)C(=O)OCCN(CCOC(=O)N(CCCCCCCC)CCCCCC(=O)OCC(CCCCC)CCCCC)CCN(CCO)CCO. The summed E-state index contributed by atoms with van der Waals surface area (Å²) < 4.78 is 23.5. The molecular formula is C64H126N4O10. The van der Waals surface area contributed by atoms with Crippen LogP contribution in [0.4, 0.5) is 9.59 Å². The highest BCUT2D eigenvalue weighted by atomic mass is 16.6. The van der Waals surface area contributed by atoms with Crippen molar-refractivity contribution in [2.75, 3.05) is 105 Å². The Hall–Kier alpha value is -2.68. The summed E-state index contributed by atoms with van der Waals surface area (Å²) in [5.74, 6) is 0.654. The molecule has 0 aliphatic carbocycles. The largest absolute Gasteiger partial charge is 0.465 e. The van der Waals surface area contributed by atoms with E-state index in [2.05, 4.69) is 46.4 Å². The van der Waals surface area contributed by atoms with Crippen LogP contribution in [-0.4, -0.2) is 159 Å². The molecule has 2 amide bonds. The van der Waals surface area contributed by atoms with Crippen molar-refractivity contribution in [3.63, 3.8) is 0 Å². The highest BCUT2D eigenvalue weighted by molar-refractivity contribution is 5.70. The normalized spacial score (nSPS) is 11.6. The van der Waals surface area contributed by atoms with Crippen molar-refractivity contribution < 1.29 is 48.3 Å². The summed E-state index contributed by atoms with van der Waals surface area (Å²) in [5, 5.41) is 19.4. The number of hydrogen-bond donors (Lipinski definition) is 2. The van der Waals surface area contributed by atoms with E-state index in [1.54, 1.807) is 0 Å². The van der Waals surface area contributed by atoms with Gasteiger partial charge < -0.3 is 39.0 Å². The maximum atomic E-state index is 13.7. The molecule has 2 N–H and O–H groups in total. The first-order chi connectivity index (χ1) is 38.1. The molecule has 0 bridgehead atoms. The van der Waals surface area contributed by atoms with E-state index in [-0.39, 0.29) is 50.6 Å². The van der Waals surface area contributed by atoms with Crippen molar-refractivity contribution in [1.82, 2.24) is 19.6 Å². The number of carbonyl (C=O) groups is 4. The number of unbranched alkanes of at least 4 members (excludes halogenated alkanes) is 22. The summed E-state index contributed by atoms with van der Waals surface area (Å²) in [6.45, 7) is 19.9. The van der Waals surface area contributed by atoms with E-state index in [1.165, 1.54) is 116 Å². The van der Waals surface area contributed by atoms with E-state index in [0.717, 1.165) is 103 Å². The molecule has 14 heteroatoms. The molecule has 14 nitrogen and oxygen atoms in total.